The van der Waals surface area contributed by atoms with Gasteiger partial charge in [0.1, 0.15) is 0 Å². The Balaban J connectivity index is 2.19. The van der Waals surface area contributed by atoms with Crippen LogP contribution in [0.3, 0.4) is 0 Å². The Hall–Kier alpha value is -0.540. The number of nitrogens with one attached hydrogen (secondary N) is 1. The van der Waals surface area contributed by atoms with E-state index in [1.165, 1.54) is 25.7 Å². The maximum Gasteiger partial charge on any atom is 0.0834 e. The Kier molecular flexibility index (Phi) is 4.10. The van der Waals surface area contributed by atoms with Gasteiger partial charge >= 0.3 is 0 Å². The fourth-order valence-corrected chi connectivity index (χ4v) is 2.78. The summed E-state index contributed by atoms with van der Waals surface area (Å²) in [4.78, 5) is 0. The van der Waals surface area contributed by atoms with E-state index >= 15 is 0 Å². The molecule has 1 unspecified atom stereocenters. The van der Waals surface area contributed by atoms with E-state index in [0.717, 1.165) is 16.6 Å². The maximum absolute atomic E-state index is 6.28. The van der Waals surface area contributed by atoms with Crippen LogP contribution in [0.1, 0.15) is 57.3 Å². The zero-order valence-electron chi connectivity index (χ0n) is 10.9. The summed E-state index contributed by atoms with van der Waals surface area (Å²) >= 11 is 6.28. The van der Waals surface area contributed by atoms with Gasteiger partial charge in [-0.1, -0.05) is 30.9 Å². The lowest BCUT2D eigenvalue weighted by molar-refractivity contribution is 0.259. The third-order valence-electron chi connectivity index (χ3n) is 3.75. The van der Waals surface area contributed by atoms with Gasteiger partial charge in [0.25, 0.3) is 0 Å². The van der Waals surface area contributed by atoms with Crippen molar-refractivity contribution in [2.24, 2.45) is 5.92 Å². The van der Waals surface area contributed by atoms with Gasteiger partial charge in [0.05, 0.1) is 23.0 Å². The van der Waals surface area contributed by atoms with Gasteiger partial charge in [0.2, 0.25) is 0 Å². The van der Waals surface area contributed by atoms with Crippen molar-refractivity contribution in [1.29, 1.82) is 0 Å². The summed E-state index contributed by atoms with van der Waals surface area (Å²) in [6, 6.07) is 0.687. The molecule has 1 N–H and O–H groups in total. The van der Waals surface area contributed by atoms with Crippen molar-refractivity contribution in [3.63, 3.8) is 0 Å². The van der Waals surface area contributed by atoms with Crippen molar-refractivity contribution >= 4 is 11.6 Å². The number of hydrogen-bond acceptors (Lipinski definition) is 2. The van der Waals surface area contributed by atoms with E-state index < -0.39 is 0 Å². The van der Waals surface area contributed by atoms with Gasteiger partial charge in [-0.15, -0.1) is 0 Å². The Morgan fingerprint density at radius 2 is 2.24 bits per heavy atom. The van der Waals surface area contributed by atoms with Crippen LogP contribution in [-0.4, -0.2) is 16.8 Å². The van der Waals surface area contributed by atoms with E-state index in [-0.39, 0.29) is 0 Å². The molecule has 3 nitrogen and oxygen atoms in total. The molecule has 17 heavy (non-hydrogen) atoms. The lowest BCUT2D eigenvalue weighted by Crippen LogP contribution is -2.26. The number of rotatable bonds is 5. The summed E-state index contributed by atoms with van der Waals surface area (Å²) < 4.78 is 2.04. The van der Waals surface area contributed by atoms with Crippen molar-refractivity contribution in [2.45, 2.75) is 51.6 Å². The first kappa shape index (κ1) is 12.9. The van der Waals surface area contributed by atoms with E-state index in [9.17, 15) is 0 Å². The molecule has 1 atom stereocenters. The summed E-state index contributed by atoms with van der Waals surface area (Å²) in [5.74, 6) is 0.860. The van der Waals surface area contributed by atoms with E-state index in [1.807, 2.05) is 11.7 Å². The highest BCUT2D eigenvalue weighted by molar-refractivity contribution is 6.31. The summed E-state index contributed by atoms with van der Waals surface area (Å²) in [6.07, 6.45) is 7.06. The van der Waals surface area contributed by atoms with Gasteiger partial charge in [-0.25, -0.2) is 0 Å². The second kappa shape index (κ2) is 5.40. The van der Waals surface area contributed by atoms with E-state index in [1.54, 1.807) is 6.20 Å². The molecule has 1 aromatic rings. The average molecular weight is 256 g/mol. The Morgan fingerprint density at radius 3 is 2.71 bits per heavy atom. The highest BCUT2D eigenvalue weighted by atomic mass is 35.5. The maximum atomic E-state index is 6.28. The van der Waals surface area contributed by atoms with E-state index in [0.29, 0.717) is 12.1 Å². The quantitative estimate of drug-likeness (QED) is 0.872. The van der Waals surface area contributed by atoms with Crippen LogP contribution in [0.15, 0.2) is 6.20 Å². The molecule has 1 fully saturated rings. The van der Waals surface area contributed by atoms with E-state index in [2.05, 4.69) is 24.3 Å². The van der Waals surface area contributed by atoms with Crippen molar-refractivity contribution in [1.82, 2.24) is 15.1 Å². The molecule has 0 aromatic carbocycles. The normalized spacial score (nSPS) is 18.4. The molecule has 96 valence electrons. The minimum absolute atomic E-state index is 0.331. The standard InChI is InChI=1S/C13H22ClN3/c1-9(2)17-13(11(14)8-16-17)12(15-3)7-10-5-4-6-10/h8-10,12,15H,4-7H2,1-3H3. The molecule has 0 aliphatic heterocycles. The van der Waals surface area contributed by atoms with Gasteiger partial charge in [-0.05, 0) is 33.2 Å². The fraction of sp³-hybridized carbons (Fsp3) is 0.769. The van der Waals surface area contributed by atoms with Crippen LogP contribution >= 0.6 is 11.6 Å². The first-order valence-corrected chi connectivity index (χ1v) is 6.91. The number of aromatic nitrogens is 2. The van der Waals surface area contributed by atoms with Crippen LogP contribution in [0.25, 0.3) is 0 Å². The van der Waals surface area contributed by atoms with Crippen molar-refractivity contribution in [2.75, 3.05) is 7.05 Å². The molecule has 1 heterocycles. The molecule has 4 heteroatoms. The van der Waals surface area contributed by atoms with E-state index in [4.69, 9.17) is 11.6 Å². The monoisotopic (exact) mass is 255 g/mol. The molecule has 0 amide bonds. The molecular weight excluding hydrogens is 234 g/mol. The SMILES string of the molecule is CNC(CC1CCC1)c1c(Cl)cnn1C(C)C. The Bertz CT molecular complexity index is 369. The van der Waals surface area contributed by atoms with Gasteiger partial charge < -0.3 is 5.32 Å². The second-order valence-electron chi connectivity index (χ2n) is 5.29. The topological polar surface area (TPSA) is 29.9 Å². The second-order valence-corrected chi connectivity index (χ2v) is 5.70. The predicted octanol–water partition coefficient (Wildman–Crippen LogP) is 3.57. The molecule has 0 radical (unpaired) electrons. The smallest absolute Gasteiger partial charge is 0.0834 e. The minimum atomic E-state index is 0.331. The van der Waals surface area contributed by atoms with Crippen molar-refractivity contribution in [3.05, 3.63) is 16.9 Å². The largest absolute Gasteiger partial charge is 0.312 e. The third kappa shape index (κ3) is 2.66. The summed E-state index contributed by atoms with van der Waals surface area (Å²) in [6.45, 7) is 4.28. The molecular formula is C13H22ClN3. The minimum Gasteiger partial charge on any atom is -0.312 e. The van der Waals surface area contributed by atoms with Crippen LogP contribution in [0.4, 0.5) is 0 Å². The lowest BCUT2D eigenvalue weighted by atomic mass is 9.80. The summed E-state index contributed by atoms with van der Waals surface area (Å²) in [5.41, 5.74) is 1.15. The van der Waals surface area contributed by atoms with Crippen LogP contribution in [0.2, 0.25) is 5.02 Å². The fourth-order valence-electron chi connectivity index (χ4n) is 2.52. The van der Waals surface area contributed by atoms with Crippen LogP contribution in [-0.2, 0) is 0 Å². The van der Waals surface area contributed by atoms with Crippen LogP contribution in [0.5, 0.6) is 0 Å². The van der Waals surface area contributed by atoms with Crippen molar-refractivity contribution < 1.29 is 0 Å². The van der Waals surface area contributed by atoms with Gasteiger partial charge in [0, 0.05) is 6.04 Å². The number of halogens is 1. The molecule has 1 aliphatic carbocycles. The van der Waals surface area contributed by atoms with Gasteiger partial charge in [0.15, 0.2) is 0 Å². The number of nitrogens with zero attached hydrogens (tertiary/aromatic N) is 2. The summed E-state index contributed by atoms with van der Waals surface area (Å²) in [7, 11) is 2.01. The number of hydrogen-bond donors (Lipinski definition) is 1. The molecule has 2 rings (SSSR count). The Morgan fingerprint density at radius 1 is 1.53 bits per heavy atom. The molecule has 0 bridgehead atoms. The first-order valence-electron chi connectivity index (χ1n) is 6.53. The first-order chi connectivity index (χ1) is 8.13. The van der Waals surface area contributed by atoms with Gasteiger partial charge in [-0.3, -0.25) is 4.68 Å². The highest BCUT2D eigenvalue weighted by Gasteiger charge is 2.26. The highest BCUT2D eigenvalue weighted by Crippen LogP contribution is 2.36. The molecule has 1 aliphatic rings. The molecule has 1 aromatic heterocycles. The van der Waals surface area contributed by atoms with Gasteiger partial charge in [-0.2, -0.15) is 5.10 Å². The predicted molar refractivity (Wildman–Crippen MR) is 71.4 cm³/mol. The summed E-state index contributed by atoms with van der Waals surface area (Å²) in [5, 5.41) is 8.56. The average Bonchev–Trinajstić information content (AvgIpc) is 2.60. The van der Waals surface area contributed by atoms with Crippen molar-refractivity contribution in [3.8, 4) is 0 Å². The zero-order chi connectivity index (χ0) is 12.4. The Labute approximate surface area is 109 Å². The van der Waals surface area contributed by atoms with Crippen LogP contribution in [0, 0.1) is 5.92 Å². The molecule has 0 spiro atoms. The molecule has 0 saturated heterocycles. The lowest BCUT2D eigenvalue weighted by Gasteiger charge is -2.30. The van der Waals surface area contributed by atoms with Crippen LogP contribution < -0.4 is 5.32 Å². The molecule has 1 saturated carbocycles. The third-order valence-corrected chi connectivity index (χ3v) is 4.04. The zero-order valence-corrected chi connectivity index (χ0v) is 11.7.